The summed E-state index contributed by atoms with van der Waals surface area (Å²) in [5.74, 6) is 0.154. The predicted molar refractivity (Wildman–Crippen MR) is 48.6 cm³/mol. The van der Waals surface area contributed by atoms with Crippen molar-refractivity contribution in [3.8, 4) is 5.75 Å². The van der Waals surface area contributed by atoms with Crippen LogP contribution in [0.4, 0.5) is 0 Å². The molecule has 1 aliphatic heterocycles. The van der Waals surface area contributed by atoms with Crippen LogP contribution in [0.1, 0.15) is 0 Å². The quantitative estimate of drug-likeness (QED) is 0.523. The number of hydrogen-bond acceptors (Lipinski definition) is 4. The van der Waals surface area contributed by atoms with E-state index in [1.54, 1.807) is 12.1 Å². The molecule has 0 atom stereocenters. The van der Waals surface area contributed by atoms with Crippen molar-refractivity contribution in [2.75, 3.05) is 0 Å². The Balaban J connectivity index is 0.000000845. The van der Waals surface area contributed by atoms with Gasteiger partial charge in [-0.05, 0) is 0 Å². The van der Waals surface area contributed by atoms with Gasteiger partial charge < -0.3 is 11.0 Å². The van der Waals surface area contributed by atoms with Gasteiger partial charge in [0.15, 0.2) is 0 Å². The number of rotatable bonds is 1. The molecule has 1 saturated heterocycles. The van der Waals surface area contributed by atoms with Gasteiger partial charge in [-0.25, -0.2) is 0 Å². The van der Waals surface area contributed by atoms with Crippen molar-refractivity contribution < 1.29 is 24.3 Å². The number of phenolic OH excluding ortho intramolecular Hbond substituents is 1. The van der Waals surface area contributed by atoms with Gasteiger partial charge in [-0.3, -0.25) is 0 Å². The van der Waals surface area contributed by atoms with Gasteiger partial charge in [-0.15, -0.1) is 0 Å². The van der Waals surface area contributed by atoms with Crippen molar-refractivity contribution in [1.29, 1.82) is 0 Å². The zero-order valence-electron chi connectivity index (χ0n) is 6.93. The Bertz CT molecular complexity index is 287. The van der Waals surface area contributed by atoms with Crippen LogP contribution in [0, 0.1) is 0 Å². The third-order valence-corrected chi connectivity index (χ3v) is 14.1. The maximum absolute atomic E-state index is 11.6. The summed E-state index contributed by atoms with van der Waals surface area (Å²) in [4.78, 5) is 0. The van der Waals surface area contributed by atoms with Crippen molar-refractivity contribution in [2.24, 2.45) is 0 Å². The minimum absolute atomic E-state index is 0. The average molecular weight is 371 g/mol. The number of aromatic hydroxyl groups is 1. The third-order valence-electron chi connectivity index (χ3n) is 1.48. The number of hydrogen-bond donors (Lipinski definition) is 1. The molecule has 5 N–H and O–H groups in total. The molecule has 0 saturated carbocycles. The van der Waals surface area contributed by atoms with Gasteiger partial charge in [-0.1, -0.05) is 0 Å². The molecule has 0 aliphatic carbocycles. The van der Waals surface area contributed by atoms with Gasteiger partial charge in [0.2, 0.25) is 0 Å². The molecule has 1 fully saturated rings. The van der Waals surface area contributed by atoms with Gasteiger partial charge in [-0.2, -0.15) is 0 Å². The van der Waals surface area contributed by atoms with E-state index in [-0.39, 0.29) is 16.7 Å². The molecule has 0 bridgehead atoms. The van der Waals surface area contributed by atoms with Crippen molar-refractivity contribution in [1.82, 2.24) is 0 Å². The van der Waals surface area contributed by atoms with E-state index in [2.05, 4.69) is 0 Å². The second-order valence-corrected chi connectivity index (χ2v) is 12.1. The fourth-order valence-electron chi connectivity index (χ4n) is 0.846. The molecule has 1 aromatic carbocycles. The van der Waals surface area contributed by atoms with Crippen LogP contribution in [-0.2, 0) is 4.13 Å². The molecule has 2 rings (SSSR count). The summed E-state index contributed by atoms with van der Waals surface area (Å²) in [7, 11) is 0. The Labute approximate surface area is 94.9 Å². The van der Waals surface area contributed by atoms with E-state index in [1.807, 2.05) is 0 Å². The molecule has 0 amide bonds. The first kappa shape index (κ1) is 14.2. The molecular formula is C6H9AsO6Sn-. The zero-order valence-corrected chi connectivity index (χ0v) is 11.7. The number of phenols is 1. The van der Waals surface area contributed by atoms with E-state index in [0.717, 1.165) is 0 Å². The van der Waals surface area contributed by atoms with E-state index >= 15 is 0 Å². The first-order valence-corrected chi connectivity index (χ1v) is 8.79. The summed E-state index contributed by atoms with van der Waals surface area (Å²) < 4.78 is 22.2. The van der Waals surface area contributed by atoms with Gasteiger partial charge in [0, 0.05) is 0 Å². The Morgan fingerprint density at radius 3 is 2.00 bits per heavy atom. The first-order valence-electron chi connectivity index (χ1n) is 3.22. The van der Waals surface area contributed by atoms with Crippen LogP contribution < -0.4 is 8.45 Å². The molecule has 1 aromatic rings. The fraction of sp³-hybridized carbons (Fsp3) is 0. The molecule has 79 valence electrons. The van der Waals surface area contributed by atoms with Gasteiger partial charge >= 0.3 is 84.2 Å². The summed E-state index contributed by atoms with van der Waals surface area (Å²) >= 11 is -4.70. The summed E-state index contributed by atoms with van der Waals surface area (Å²) in [6.45, 7) is 0. The standard InChI is InChI=1S/C6H5AsO4.2H2O.Sn/c8-6-3-1-5(2-4-6)7(9,10)11;;;/h1-4,8H;2*1H2;/q-3;;;+2. The van der Waals surface area contributed by atoms with Crippen LogP contribution in [0.15, 0.2) is 24.3 Å². The third kappa shape index (κ3) is 2.60. The van der Waals surface area contributed by atoms with Gasteiger partial charge in [0.25, 0.3) is 0 Å². The van der Waals surface area contributed by atoms with Crippen molar-refractivity contribution in [3.05, 3.63) is 24.3 Å². The molecule has 14 heavy (non-hydrogen) atoms. The van der Waals surface area contributed by atoms with E-state index < -0.39 is 36.5 Å². The SMILES string of the molecule is O.O.[O-][As]1(c2ccc(O)cc2)[O][Sn][O]1. The van der Waals surface area contributed by atoms with E-state index in [1.165, 1.54) is 12.1 Å². The zero-order chi connectivity index (χ0) is 8.60. The summed E-state index contributed by atoms with van der Waals surface area (Å²) in [5.41, 5.74) is 0. The topological polar surface area (TPSA) is 125 Å². The Morgan fingerprint density at radius 1 is 1.14 bits per heavy atom. The van der Waals surface area contributed by atoms with Crippen molar-refractivity contribution in [3.63, 3.8) is 0 Å². The van der Waals surface area contributed by atoms with Crippen LogP contribution in [-0.4, -0.2) is 52.6 Å². The summed E-state index contributed by atoms with van der Waals surface area (Å²) in [5, 5.41) is 8.96. The van der Waals surface area contributed by atoms with E-state index in [9.17, 15) is 4.10 Å². The van der Waals surface area contributed by atoms with E-state index in [0.29, 0.717) is 4.35 Å². The summed E-state index contributed by atoms with van der Waals surface area (Å²) in [6.07, 6.45) is 0. The normalized spacial score (nSPS) is 17.2. The average Bonchev–Trinajstić information content (AvgIpc) is 2.02. The predicted octanol–water partition coefficient (Wildman–Crippen LogP) is -3.17. The molecule has 1 aliphatic rings. The van der Waals surface area contributed by atoms with Gasteiger partial charge in [0.05, 0.1) is 0 Å². The Hall–Kier alpha value is 0.177. The molecule has 1 heterocycles. The van der Waals surface area contributed by atoms with Gasteiger partial charge in [0.1, 0.15) is 0 Å². The van der Waals surface area contributed by atoms with Crippen LogP contribution in [0.5, 0.6) is 5.75 Å². The maximum atomic E-state index is 11.6. The molecule has 0 spiro atoms. The van der Waals surface area contributed by atoms with Crippen LogP contribution in [0.2, 0.25) is 0 Å². The van der Waals surface area contributed by atoms with Crippen LogP contribution in [0.3, 0.4) is 0 Å². The van der Waals surface area contributed by atoms with Crippen LogP contribution >= 0.6 is 0 Å². The first-order chi connectivity index (χ1) is 5.71. The molecule has 8 heteroatoms. The second-order valence-electron chi connectivity index (χ2n) is 2.28. The molecule has 6 nitrogen and oxygen atoms in total. The Kier molecular flexibility index (Phi) is 5.38. The van der Waals surface area contributed by atoms with Crippen molar-refractivity contribution >= 4 is 40.9 Å². The fourth-order valence-corrected chi connectivity index (χ4v) is 9.05. The second kappa shape index (κ2) is 5.31. The molecular weight excluding hydrogens is 362 g/mol. The molecule has 0 unspecified atom stereocenters. The molecule has 0 aromatic heterocycles. The van der Waals surface area contributed by atoms with E-state index in [4.69, 9.17) is 9.23 Å². The number of benzene rings is 1. The molecule has 3 radical (unpaired) electrons. The Morgan fingerprint density at radius 2 is 1.64 bits per heavy atom. The van der Waals surface area contributed by atoms with Crippen molar-refractivity contribution in [2.45, 2.75) is 0 Å². The summed E-state index contributed by atoms with van der Waals surface area (Å²) in [6, 6.07) is 6.11. The van der Waals surface area contributed by atoms with Crippen LogP contribution in [0.25, 0.3) is 0 Å². The minimum atomic E-state index is -3.51. The monoisotopic (exact) mass is 372 g/mol.